The largest absolute Gasteiger partial charge is 0.492 e. The molecule has 150 valence electrons. The molecular weight excluding hydrogens is 372 g/mol. The molecule has 27 heavy (non-hydrogen) atoms. The summed E-state index contributed by atoms with van der Waals surface area (Å²) in [5.41, 5.74) is 0.861. The lowest BCUT2D eigenvalue weighted by molar-refractivity contribution is 0.0361. The van der Waals surface area contributed by atoms with E-state index in [4.69, 9.17) is 9.47 Å². The summed E-state index contributed by atoms with van der Waals surface area (Å²) in [6.45, 7) is 4.86. The second-order valence-corrected chi connectivity index (χ2v) is 7.92. The molecule has 0 bridgehead atoms. The number of benzene rings is 1. The van der Waals surface area contributed by atoms with E-state index in [2.05, 4.69) is 4.90 Å². The zero-order chi connectivity index (χ0) is 19.2. The molecule has 1 aliphatic carbocycles. The molecule has 2 aliphatic rings. The standard InChI is InChI=1S/C18H26N2O6S/c21-18(22)16-4-3-15(11-17(16)26-13-14-1-2-14)12-20(27(23)24)6-5-19-7-9-25-10-8-19/h3-4,11,14H,1-2,5-10,12-13H2,(H,21,22)(H,23,24). The van der Waals surface area contributed by atoms with Crippen molar-refractivity contribution >= 4 is 17.2 Å². The van der Waals surface area contributed by atoms with Crippen LogP contribution in [0.3, 0.4) is 0 Å². The summed E-state index contributed by atoms with van der Waals surface area (Å²) in [4.78, 5) is 13.6. The van der Waals surface area contributed by atoms with Gasteiger partial charge in [0.05, 0.1) is 19.8 Å². The number of ether oxygens (including phenoxy) is 2. The van der Waals surface area contributed by atoms with Gasteiger partial charge in [-0.05, 0) is 36.5 Å². The highest BCUT2D eigenvalue weighted by molar-refractivity contribution is 7.76. The summed E-state index contributed by atoms with van der Waals surface area (Å²) in [6.07, 6.45) is 2.22. The Bertz CT molecular complexity index is 676. The second kappa shape index (κ2) is 9.61. The summed E-state index contributed by atoms with van der Waals surface area (Å²) in [5, 5.41) is 9.34. The molecule has 0 spiro atoms. The molecular formula is C18H26N2O6S. The Morgan fingerprint density at radius 3 is 2.70 bits per heavy atom. The fraction of sp³-hybridized carbons (Fsp3) is 0.611. The van der Waals surface area contributed by atoms with Crippen LogP contribution < -0.4 is 4.74 Å². The maximum absolute atomic E-state index is 11.7. The summed E-state index contributed by atoms with van der Waals surface area (Å²) in [7, 11) is 0. The molecule has 1 unspecified atom stereocenters. The third-order valence-electron chi connectivity index (χ3n) is 4.80. The van der Waals surface area contributed by atoms with Crippen LogP contribution >= 0.6 is 0 Å². The van der Waals surface area contributed by atoms with E-state index in [1.807, 2.05) is 0 Å². The first-order valence-corrected chi connectivity index (χ1v) is 10.2. The Labute approximate surface area is 161 Å². The van der Waals surface area contributed by atoms with E-state index >= 15 is 0 Å². The Morgan fingerprint density at radius 2 is 2.07 bits per heavy atom. The number of hydrogen-bond acceptors (Lipinski definition) is 5. The number of morpholine rings is 1. The van der Waals surface area contributed by atoms with E-state index < -0.39 is 17.2 Å². The van der Waals surface area contributed by atoms with Crippen LogP contribution in [0.25, 0.3) is 0 Å². The molecule has 2 fully saturated rings. The van der Waals surface area contributed by atoms with Crippen molar-refractivity contribution in [2.45, 2.75) is 19.4 Å². The van der Waals surface area contributed by atoms with Gasteiger partial charge in [0.15, 0.2) is 0 Å². The summed E-state index contributed by atoms with van der Waals surface area (Å²) in [5.74, 6) is -0.212. The van der Waals surface area contributed by atoms with Crippen molar-refractivity contribution in [1.29, 1.82) is 0 Å². The zero-order valence-corrected chi connectivity index (χ0v) is 16.0. The fourth-order valence-electron chi connectivity index (χ4n) is 2.95. The molecule has 1 saturated heterocycles. The van der Waals surface area contributed by atoms with Crippen LogP contribution in [0.2, 0.25) is 0 Å². The van der Waals surface area contributed by atoms with Gasteiger partial charge >= 0.3 is 5.97 Å². The Hall–Kier alpha value is -1.52. The highest BCUT2D eigenvalue weighted by atomic mass is 32.2. The number of carboxylic acid groups (broad SMARTS) is 1. The van der Waals surface area contributed by atoms with Crippen molar-refractivity contribution in [2.75, 3.05) is 46.0 Å². The van der Waals surface area contributed by atoms with E-state index in [9.17, 15) is 18.7 Å². The summed E-state index contributed by atoms with van der Waals surface area (Å²) >= 11 is -2.11. The Balaban J connectivity index is 1.63. The van der Waals surface area contributed by atoms with Crippen molar-refractivity contribution in [2.24, 2.45) is 5.92 Å². The molecule has 1 aromatic rings. The monoisotopic (exact) mass is 398 g/mol. The van der Waals surface area contributed by atoms with Crippen LogP contribution in [-0.4, -0.2) is 75.0 Å². The minimum atomic E-state index is -2.11. The Kier molecular flexibility index (Phi) is 7.20. The Morgan fingerprint density at radius 1 is 1.33 bits per heavy atom. The van der Waals surface area contributed by atoms with Gasteiger partial charge in [0.2, 0.25) is 11.3 Å². The maximum Gasteiger partial charge on any atom is 0.339 e. The number of rotatable bonds is 10. The summed E-state index contributed by atoms with van der Waals surface area (Å²) < 4.78 is 33.8. The van der Waals surface area contributed by atoms with Crippen molar-refractivity contribution in [3.05, 3.63) is 29.3 Å². The van der Waals surface area contributed by atoms with Crippen LogP contribution in [0.4, 0.5) is 0 Å². The zero-order valence-electron chi connectivity index (χ0n) is 15.2. The van der Waals surface area contributed by atoms with Gasteiger partial charge in [-0.15, -0.1) is 0 Å². The van der Waals surface area contributed by atoms with Crippen molar-refractivity contribution < 1.29 is 28.1 Å². The first-order chi connectivity index (χ1) is 13.0. The molecule has 3 rings (SSSR count). The average Bonchev–Trinajstić information content (AvgIpc) is 3.48. The maximum atomic E-state index is 11.7. The molecule has 9 heteroatoms. The third kappa shape index (κ3) is 6.25. The van der Waals surface area contributed by atoms with Crippen molar-refractivity contribution in [1.82, 2.24) is 9.21 Å². The minimum absolute atomic E-state index is 0.115. The van der Waals surface area contributed by atoms with E-state index in [-0.39, 0.29) is 12.1 Å². The number of hydrogen-bond donors (Lipinski definition) is 2. The van der Waals surface area contributed by atoms with Gasteiger partial charge in [-0.2, -0.15) is 4.31 Å². The van der Waals surface area contributed by atoms with Gasteiger partial charge in [-0.3, -0.25) is 9.45 Å². The van der Waals surface area contributed by atoms with Crippen LogP contribution in [0, 0.1) is 5.92 Å². The van der Waals surface area contributed by atoms with Crippen molar-refractivity contribution in [3.8, 4) is 5.75 Å². The van der Waals surface area contributed by atoms with Gasteiger partial charge in [-0.1, -0.05) is 6.07 Å². The van der Waals surface area contributed by atoms with E-state index in [0.29, 0.717) is 44.6 Å². The average molecular weight is 398 g/mol. The molecule has 1 aromatic carbocycles. The lowest BCUT2D eigenvalue weighted by atomic mass is 10.1. The molecule has 1 heterocycles. The predicted octanol–water partition coefficient (Wildman–Crippen LogP) is 1.44. The van der Waals surface area contributed by atoms with Crippen LogP contribution in [-0.2, 0) is 22.5 Å². The SMILES string of the molecule is O=C(O)c1ccc(CN(CCN2CCOCC2)S(=O)O)cc1OCC1CC1. The molecule has 2 N–H and O–H groups in total. The first-order valence-electron chi connectivity index (χ1n) is 9.18. The smallest absolute Gasteiger partial charge is 0.339 e. The second-order valence-electron chi connectivity index (χ2n) is 6.94. The van der Waals surface area contributed by atoms with Crippen molar-refractivity contribution in [3.63, 3.8) is 0 Å². The lowest BCUT2D eigenvalue weighted by Gasteiger charge is -2.28. The quantitative estimate of drug-likeness (QED) is 0.576. The molecule has 1 aliphatic heterocycles. The lowest BCUT2D eigenvalue weighted by Crippen LogP contribution is -2.41. The van der Waals surface area contributed by atoms with Gasteiger partial charge in [0.1, 0.15) is 11.3 Å². The van der Waals surface area contributed by atoms with Crippen LogP contribution in [0.1, 0.15) is 28.8 Å². The molecule has 1 atom stereocenters. The van der Waals surface area contributed by atoms with E-state index in [1.54, 1.807) is 12.1 Å². The highest BCUT2D eigenvalue weighted by Crippen LogP contribution is 2.31. The molecule has 0 amide bonds. The normalized spacial score (nSPS) is 19.2. The molecule has 0 radical (unpaired) electrons. The molecule has 8 nitrogen and oxygen atoms in total. The summed E-state index contributed by atoms with van der Waals surface area (Å²) in [6, 6.07) is 4.84. The van der Waals surface area contributed by atoms with Crippen LogP contribution in [0.15, 0.2) is 18.2 Å². The fourth-order valence-corrected chi connectivity index (χ4v) is 3.44. The molecule has 0 aromatic heterocycles. The molecule has 1 saturated carbocycles. The predicted molar refractivity (Wildman–Crippen MR) is 100 cm³/mol. The number of carbonyl (C=O) groups is 1. The van der Waals surface area contributed by atoms with Crippen LogP contribution in [0.5, 0.6) is 5.75 Å². The van der Waals surface area contributed by atoms with E-state index in [0.717, 1.165) is 31.5 Å². The highest BCUT2D eigenvalue weighted by Gasteiger charge is 2.23. The van der Waals surface area contributed by atoms with Gasteiger partial charge in [-0.25, -0.2) is 9.00 Å². The topological polar surface area (TPSA) is 99.5 Å². The minimum Gasteiger partial charge on any atom is -0.492 e. The third-order valence-corrected chi connectivity index (χ3v) is 5.55. The van der Waals surface area contributed by atoms with Gasteiger partial charge in [0, 0.05) is 32.7 Å². The number of nitrogens with zero attached hydrogens (tertiary/aromatic N) is 2. The number of aromatic carboxylic acids is 1. The number of carboxylic acids is 1. The van der Waals surface area contributed by atoms with Gasteiger partial charge < -0.3 is 14.6 Å². The van der Waals surface area contributed by atoms with Gasteiger partial charge in [0.25, 0.3) is 0 Å². The first kappa shape index (κ1) is 20.2. The van der Waals surface area contributed by atoms with E-state index in [1.165, 1.54) is 10.4 Å².